The largest absolute Gasteiger partial charge is 0.407 e. The van der Waals surface area contributed by atoms with Gasteiger partial charge in [0.1, 0.15) is 11.7 Å². The lowest BCUT2D eigenvalue weighted by molar-refractivity contribution is -0.161. The van der Waals surface area contributed by atoms with E-state index in [4.69, 9.17) is 6.57 Å². The zero-order chi connectivity index (χ0) is 24.4. The molecule has 1 aliphatic carbocycles. The number of nitrogens with zero attached hydrogens (tertiary/aromatic N) is 1. The van der Waals surface area contributed by atoms with E-state index in [1.165, 1.54) is 26.0 Å². The Morgan fingerprint density at radius 1 is 1.03 bits per heavy atom. The van der Waals surface area contributed by atoms with Crippen LogP contribution in [-0.4, -0.2) is 29.2 Å². The molecule has 0 aromatic heterocycles. The van der Waals surface area contributed by atoms with Crippen LogP contribution in [0.5, 0.6) is 0 Å². The van der Waals surface area contributed by atoms with Gasteiger partial charge >= 0.3 is 6.18 Å². The minimum Gasteiger partial charge on any atom is -0.310 e. The minimum atomic E-state index is -4.69. The summed E-state index contributed by atoms with van der Waals surface area (Å²) in [4.78, 5) is 16.3. The number of aryl methyl sites for hydroxylation is 1. The van der Waals surface area contributed by atoms with Crippen molar-refractivity contribution in [2.24, 2.45) is 0 Å². The molecule has 3 nitrogen and oxygen atoms in total. The highest BCUT2D eigenvalue weighted by Gasteiger charge is 2.53. The van der Waals surface area contributed by atoms with Crippen LogP contribution in [0.4, 0.5) is 17.6 Å². The van der Waals surface area contributed by atoms with E-state index in [9.17, 15) is 22.4 Å². The van der Waals surface area contributed by atoms with Crippen LogP contribution in [0.2, 0.25) is 0 Å². The zero-order valence-corrected chi connectivity index (χ0v) is 19.0. The highest BCUT2D eigenvalue weighted by atomic mass is 19.4. The van der Waals surface area contributed by atoms with Gasteiger partial charge in [0.25, 0.3) is 0 Å². The maximum atomic E-state index is 14.4. The molecule has 2 atom stereocenters. The number of carbonyl (C=O) groups is 1. The fraction of sp³-hybridized carbons (Fsp3) is 0.462. The van der Waals surface area contributed by atoms with Crippen LogP contribution in [0.3, 0.4) is 0 Å². The fourth-order valence-corrected chi connectivity index (χ4v) is 3.87. The summed E-state index contributed by atoms with van der Waals surface area (Å²) >= 11 is 0. The number of Topliss-reactive ketones (excluding diaryl/α,β-unsaturated/α-hetero) is 1. The number of nitrogens with one attached hydrogen (secondary N) is 1. The molecule has 2 aromatic carbocycles. The summed E-state index contributed by atoms with van der Waals surface area (Å²) in [5.41, 5.74) is -0.0164. The molecular formula is C26H28F4N2O. The van der Waals surface area contributed by atoms with Gasteiger partial charge in [-0.05, 0) is 37.5 Å². The van der Waals surface area contributed by atoms with Crippen molar-refractivity contribution in [2.75, 3.05) is 0 Å². The van der Waals surface area contributed by atoms with Gasteiger partial charge in [-0.15, -0.1) is 0 Å². The number of hydrogen-bond donors (Lipinski definition) is 1. The highest BCUT2D eigenvalue weighted by molar-refractivity contribution is 5.86. The van der Waals surface area contributed by atoms with Gasteiger partial charge in [0, 0.05) is 19.3 Å². The second kappa shape index (κ2) is 9.26. The smallest absolute Gasteiger partial charge is 0.310 e. The van der Waals surface area contributed by atoms with E-state index in [0.717, 1.165) is 16.7 Å². The molecule has 1 N–H and O–H groups in total. The molecule has 0 radical (unpaired) electrons. The maximum Gasteiger partial charge on any atom is 0.407 e. The highest BCUT2D eigenvalue weighted by Crippen LogP contribution is 2.44. The van der Waals surface area contributed by atoms with Crippen molar-refractivity contribution in [3.63, 3.8) is 0 Å². The van der Waals surface area contributed by atoms with Crippen molar-refractivity contribution in [1.82, 2.24) is 5.32 Å². The van der Waals surface area contributed by atoms with Gasteiger partial charge in [0.15, 0.2) is 5.78 Å². The SMILES string of the molecule is [C-]#[N+]C1(CC(=O)[C@H](CC(C)(C)F)N[C@@H](c2ccc(-c3ccc(C)cc3)cc2)C(F)(F)F)CC1. The summed E-state index contributed by atoms with van der Waals surface area (Å²) in [5.74, 6) is -0.556. The van der Waals surface area contributed by atoms with Crippen molar-refractivity contribution < 1.29 is 22.4 Å². The fourth-order valence-electron chi connectivity index (χ4n) is 3.87. The molecule has 3 rings (SSSR count). The third-order valence-electron chi connectivity index (χ3n) is 5.97. The lowest BCUT2D eigenvalue weighted by Gasteiger charge is -2.30. The number of alkyl halides is 4. The van der Waals surface area contributed by atoms with Crippen LogP contribution in [0.25, 0.3) is 16.0 Å². The second-order valence-corrected chi connectivity index (χ2v) is 9.58. The number of hydrogen-bond acceptors (Lipinski definition) is 2. The Morgan fingerprint density at radius 3 is 1.97 bits per heavy atom. The van der Waals surface area contributed by atoms with Gasteiger partial charge in [-0.2, -0.15) is 13.2 Å². The zero-order valence-electron chi connectivity index (χ0n) is 19.0. The van der Waals surface area contributed by atoms with Crippen LogP contribution >= 0.6 is 0 Å². The molecule has 33 heavy (non-hydrogen) atoms. The van der Waals surface area contributed by atoms with Crippen molar-refractivity contribution in [2.45, 2.75) is 75.9 Å². The van der Waals surface area contributed by atoms with Crippen molar-refractivity contribution in [1.29, 1.82) is 0 Å². The Balaban J connectivity index is 1.86. The summed E-state index contributed by atoms with van der Waals surface area (Å²) in [6.45, 7) is 11.7. The van der Waals surface area contributed by atoms with Crippen LogP contribution in [0, 0.1) is 13.5 Å². The van der Waals surface area contributed by atoms with Gasteiger partial charge in [-0.25, -0.2) is 11.0 Å². The number of carbonyl (C=O) groups excluding carboxylic acids is 1. The van der Waals surface area contributed by atoms with Crippen LogP contribution in [-0.2, 0) is 4.79 Å². The first-order chi connectivity index (χ1) is 15.3. The first-order valence-electron chi connectivity index (χ1n) is 10.9. The van der Waals surface area contributed by atoms with Gasteiger partial charge in [0.05, 0.1) is 12.5 Å². The first-order valence-corrected chi connectivity index (χ1v) is 10.9. The van der Waals surface area contributed by atoms with E-state index in [0.29, 0.717) is 12.8 Å². The van der Waals surface area contributed by atoms with Crippen LogP contribution in [0.1, 0.15) is 56.7 Å². The Morgan fingerprint density at radius 2 is 1.55 bits per heavy atom. The lowest BCUT2D eigenvalue weighted by atomic mass is 9.92. The molecule has 7 heteroatoms. The number of halogens is 4. The molecule has 0 amide bonds. The Bertz CT molecular complexity index is 1010. The molecule has 0 saturated heterocycles. The van der Waals surface area contributed by atoms with Crippen LogP contribution in [0.15, 0.2) is 48.5 Å². The average molecular weight is 461 g/mol. The van der Waals surface area contributed by atoms with E-state index in [2.05, 4.69) is 10.2 Å². The molecule has 2 aromatic rings. The molecule has 1 saturated carbocycles. The standard InChI is InChI=1S/C26H28F4N2O/c1-17-5-7-18(8-6-17)19-9-11-20(12-10-19)23(26(28,29)30)32-21(15-24(2,3)27)22(33)16-25(31-4)13-14-25/h5-12,21,23,32H,13-16H2,1-3H3/t21-,23-/m0/s1. The van der Waals surface area contributed by atoms with Gasteiger partial charge < -0.3 is 4.85 Å². The average Bonchev–Trinajstić information content (AvgIpc) is 3.50. The number of benzene rings is 2. The quantitative estimate of drug-likeness (QED) is 0.331. The molecule has 1 aliphatic rings. The molecular weight excluding hydrogens is 432 g/mol. The maximum absolute atomic E-state index is 14.4. The van der Waals surface area contributed by atoms with Gasteiger partial charge in [0.2, 0.25) is 5.54 Å². The Labute approximate surface area is 192 Å². The normalized spacial score (nSPS) is 17.2. The van der Waals surface area contributed by atoms with Crippen molar-refractivity contribution in [3.05, 3.63) is 71.1 Å². The number of ketones is 1. The molecule has 176 valence electrons. The number of rotatable bonds is 9. The predicted molar refractivity (Wildman–Crippen MR) is 120 cm³/mol. The van der Waals surface area contributed by atoms with E-state index < -0.39 is 41.7 Å². The Kier molecular flexibility index (Phi) is 6.99. The van der Waals surface area contributed by atoms with E-state index in [1.807, 2.05) is 31.2 Å². The monoisotopic (exact) mass is 460 g/mol. The van der Waals surface area contributed by atoms with Gasteiger partial charge in [-0.3, -0.25) is 10.1 Å². The molecule has 0 aliphatic heterocycles. The van der Waals surface area contributed by atoms with Crippen LogP contribution < -0.4 is 5.32 Å². The molecule has 0 heterocycles. The van der Waals surface area contributed by atoms with Gasteiger partial charge in [-0.1, -0.05) is 54.1 Å². The summed E-state index contributed by atoms with van der Waals surface area (Å²) in [7, 11) is 0. The van der Waals surface area contributed by atoms with Crippen molar-refractivity contribution >= 4 is 5.78 Å². The second-order valence-electron chi connectivity index (χ2n) is 9.58. The first kappa shape index (κ1) is 24.9. The molecule has 0 bridgehead atoms. The van der Waals surface area contributed by atoms with E-state index >= 15 is 0 Å². The summed E-state index contributed by atoms with van der Waals surface area (Å²) < 4.78 is 56.5. The topological polar surface area (TPSA) is 33.5 Å². The third kappa shape index (κ3) is 6.64. The summed E-state index contributed by atoms with van der Waals surface area (Å²) in [6, 6.07) is 10.1. The molecule has 1 fully saturated rings. The summed E-state index contributed by atoms with van der Waals surface area (Å²) in [6.07, 6.45) is -4.19. The minimum absolute atomic E-state index is 0.0564. The summed E-state index contributed by atoms with van der Waals surface area (Å²) in [5, 5.41) is 2.39. The van der Waals surface area contributed by atoms with E-state index in [1.54, 1.807) is 12.1 Å². The van der Waals surface area contributed by atoms with E-state index in [-0.39, 0.29) is 12.0 Å². The predicted octanol–water partition coefficient (Wildman–Crippen LogP) is 6.77. The Hall–Kier alpha value is -2.72. The lowest BCUT2D eigenvalue weighted by Crippen LogP contribution is -2.47. The van der Waals surface area contributed by atoms with Crippen molar-refractivity contribution in [3.8, 4) is 11.1 Å². The third-order valence-corrected chi connectivity index (χ3v) is 5.97. The molecule has 0 unspecified atom stereocenters. The molecule has 0 spiro atoms.